The summed E-state index contributed by atoms with van der Waals surface area (Å²) in [7, 11) is 0. The van der Waals surface area contributed by atoms with Gasteiger partial charge in [0.15, 0.2) is 0 Å². The number of benzene rings is 1. The van der Waals surface area contributed by atoms with Crippen molar-refractivity contribution in [3.8, 4) is 0 Å². The van der Waals surface area contributed by atoms with Crippen LogP contribution in [0.25, 0.3) is 16.6 Å². The van der Waals surface area contributed by atoms with Crippen LogP contribution in [0.5, 0.6) is 0 Å². The van der Waals surface area contributed by atoms with Gasteiger partial charge in [-0.15, -0.1) is 0 Å². The van der Waals surface area contributed by atoms with Gasteiger partial charge in [0.25, 0.3) is 0 Å². The van der Waals surface area contributed by atoms with Crippen molar-refractivity contribution in [2.45, 2.75) is 26.2 Å². The predicted molar refractivity (Wildman–Crippen MR) is 76.2 cm³/mol. The number of nitrogens with zero attached hydrogens (tertiary/aromatic N) is 2. The Balaban J connectivity index is 2.37. The maximum atomic E-state index is 11.3. The number of carbonyl (C=O) groups excluding carboxylic acids is 1. The first-order valence-electron chi connectivity index (χ1n) is 6.10. The zero-order valence-corrected chi connectivity index (χ0v) is 11.7. The molecule has 19 heavy (non-hydrogen) atoms. The Morgan fingerprint density at radius 3 is 2.63 bits per heavy atom. The average Bonchev–Trinajstić information content (AvgIpc) is 2.54. The van der Waals surface area contributed by atoms with E-state index in [1.54, 1.807) is 12.1 Å². The van der Waals surface area contributed by atoms with Gasteiger partial charge in [0, 0.05) is 16.0 Å². The Kier molecular flexibility index (Phi) is 2.51. The van der Waals surface area contributed by atoms with Crippen molar-refractivity contribution in [1.82, 2.24) is 9.97 Å². The summed E-state index contributed by atoms with van der Waals surface area (Å²) in [6, 6.07) is 5.45. The molecule has 0 saturated carbocycles. The van der Waals surface area contributed by atoms with E-state index in [0.717, 1.165) is 39.9 Å². The summed E-state index contributed by atoms with van der Waals surface area (Å²) in [5, 5.41) is 0.637. The van der Waals surface area contributed by atoms with Crippen molar-refractivity contribution in [2.75, 3.05) is 0 Å². The second-order valence-corrected chi connectivity index (χ2v) is 5.77. The highest BCUT2D eigenvalue weighted by atomic mass is 35.5. The fraction of sp³-hybridized carbons (Fsp3) is 0.267. The Bertz CT molecular complexity index is 747. The van der Waals surface area contributed by atoms with Crippen LogP contribution in [-0.4, -0.2) is 16.3 Å². The summed E-state index contributed by atoms with van der Waals surface area (Å²) in [6.45, 7) is 5.92. The van der Waals surface area contributed by atoms with Crippen LogP contribution in [0.4, 0.5) is 0 Å². The molecule has 0 spiro atoms. The van der Waals surface area contributed by atoms with E-state index in [0.29, 0.717) is 5.02 Å². The molecule has 0 amide bonds. The van der Waals surface area contributed by atoms with E-state index in [9.17, 15) is 4.79 Å². The van der Waals surface area contributed by atoms with Gasteiger partial charge in [0.05, 0.1) is 22.4 Å². The molecule has 1 aliphatic carbocycles. The van der Waals surface area contributed by atoms with Crippen molar-refractivity contribution < 1.29 is 4.79 Å². The predicted octanol–water partition coefficient (Wildman–Crippen LogP) is 3.55. The minimum atomic E-state index is -0.398. The molecule has 1 heterocycles. The zero-order chi connectivity index (χ0) is 13.8. The maximum absolute atomic E-state index is 11.3. The number of allylic oxidation sites excluding steroid dienone is 2. The van der Waals surface area contributed by atoms with E-state index >= 15 is 0 Å². The van der Waals surface area contributed by atoms with Crippen LogP contribution < -0.4 is 0 Å². The fourth-order valence-corrected chi connectivity index (χ4v) is 2.85. The average molecular weight is 273 g/mol. The third-order valence-corrected chi connectivity index (χ3v) is 4.00. The number of hydrogen-bond acceptors (Lipinski definition) is 3. The molecule has 96 valence electrons. The van der Waals surface area contributed by atoms with Crippen molar-refractivity contribution in [3.05, 3.63) is 40.2 Å². The maximum Gasteiger partial charge on any atom is 0.147 e. The number of aldehydes is 1. The third-order valence-electron chi connectivity index (χ3n) is 3.77. The SMILES string of the molecule is CC1=C(C=O)C(C)(C)c2nc3cc(Cl)ccc3nc21. The first-order chi connectivity index (χ1) is 8.95. The Labute approximate surface area is 116 Å². The van der Waals surface area contributed by atoms with Gasteiger partial charge < -0.3 is 0 Å². The lowest BCUT2D eigenvalue weighted by Gasteiger charge is -2.19. The molecule has 3 rings (SSSR count). The van der Waals surface area contributed by atoms with Crippen LogP contribution in [0, 0.1) is 0 Å². The van der Waals surface area contributed by atoms with E-state index in [-0.39, 0.29) is 0 Å². The summed E-state index contributed by atoms with van der Waals surface area (Å²) in [6.07, 6.45) is 0.913. The monoisotopic (exact) mass is 272 g/mol. The number of fused-ring (bicyclic) bond motifs is 2. The van der Waals surface area contributed by atoms with Gasteiger partial charge in [-0.05, 0) is 44.5 Å². The van der Waals surface area contributed by atoms with Crippen molar-refractivity contribution >= 4 is 34.5 Å². The molecule has 0 aliphatic heterocycles. The van der Waals surface area contributed by atoms with Crippen LogP contribution in [0.15, 0.2) is 23.8 Å². The Morgan fingerprint density at radius 2 is 1.95 bits per heavy atom. The summed E-state index contributed by atoms with van der Waals surface area (Å²) in [4.78, 5) is 20.6. The van der Waals surface area contributed by atoms with Crippen LogP contribution in [0.1, 0.15) is 32.2 Å². The van der Waals surface area contributed by atoms with Gasteiger partial charge in [-0.3, -0.25) is 4.79 Å². The lowest BCUT2D eigenvalue weighted by molar-refractivity contribution is -0.105. The minimum Gasteiger partial charge on any atom is -0.298 e. The number of aromatic nitrogens is 2. The Hall–Kier alpha value is -1.74. The summed E-state index contributed by atoms with van der Waals surface area (Å²) in [5.41, 5.74) is 4.50. The molecule has 0 N–H and O–H groups in total. The van der Waals surface area contributed by atoms with E-state index in [1.165, 1.54) is 0 Å². The normalized spacial score (nSPS) is 16.8. The van der Waals surface area contributed by atoms with Crippen LogP contribution >= 0.6 is 11.6 Å². The van der Waals surface area contributed by atoms with Gasteiger partial charge in [0.2, 0.25) is 0 Å². The minimum absolute atomic E-state index is 0.398. The summed E-state index contributed by atoms with van der Waals surface area (Å²) < 4.78 is 0. The summed E-state index contributed by atoms with van der Waals surface area (Å²) >= 11 is 5.99. The lowest BCUT2D eigenvalue weighted by Crippen LogP contribution is -2.20. The van der Waals surface area contributed by atoms with Crippen LogP contribution in [0.3, 0.4) is 0 Å². The molecule has 0 atom stereocenters. The smallest absolute Gasteiger partial charge is 0.147 e. The fourth-order valence-electron chi connectivity index (χ4n) is 2.68. The van der Waals surface area contributed by atoms with Crippen molar-refractivity contribution in [1.29, 1.82) is 0 Å². The molecular formula is C15H13ClN2O. The molecule has 0 radical (unpaired) electrons. The first kappa shape index (κ1) is 12.3. The molecule has 0 saturated heterocycles. The molecule has 2 aromatic rings. The molecule has 3 nitrogen and oxygen atoms in total. The molecule has 1 aromatic carbocycles. The zero-order valence-electron chi connectivity index (χ0n) is 11.0. The van der Waals surface area contributed by atoms with Crippen molar-refractivity contribution in [2.24, 2.45) is 0 Å². The molecule has 1 aliphatic rings. The molecule has 0 unspecified atom stereocenters. The highest BCUT2D eigenvalue weighted by Crippen LogP contribution is 2.43. The second kappa shape index (κ2) is 3.87. The lowest BCUT2D eigenvalue weighted by atomic mass is 9.85. The molecule has 0 bridgehead atoms. The van der Waals surface area contributed by atoms with Crippen molar-refractivity contribution in [3.63, 3.8) is 0 Å². The standard InChI is InChI=1S/C15H13ClN2O/c1-8-10(7-19)15(2,3)14-13(8)17-11-5-4-9(16)6-12(11)18-14/h4-7H,1-3H3. The summed E-state index contributed by atoms with van der Waals surface area (Å²) in [5.74, 6) is 0. The van der Waals surface area contributed by atoms with Gasteiger partial charge in [-0.25, -0.2) is 9.97 Å². The highest BCUT2D eigenvalue weighted by Gasteiger charge is 2.38. The number of carbonyl (C=O) groups is 1. The van der Waals surface area contributed by atoms with E-state index < -0.39 is 5.41 Å². The number of rotatable bonds is 1. The third kappa shape index (κ3) is 1.61. The molecule has 4 heteroatoms. The number of halogens is 1. The van der Waals surface area contributed by atoms with Gasteiger partial charge in [-0.2, -0.15) is 0 Å². The van der Waals surface area contributed by atoms with Crippen LogP contribution in [0.2, 0.25) is 5.02 Å². The second-order valence-electron chi connectivity index (χ2n) is 5.34. The topological polar surface area (TPSA) is 42.9 Å². The molecule has 0 fully saturated rings. The van der Waals surface area contributed by atoms with E-state index in [4.69, 9.17) is 11.6 Å². The largest absolute Gasteiger partial charge is 0.298 e. The van der Waals surface area contributed by atoms with Gasteiger partial charge >= 0.3 is 0 Å². The van der Waals surface area contributed by atoms with E-state index in [2.05, 4.69) is 9.97 Å². The van der Waals surface area contributed by atoms with Gasteiger partial charge in [0.1, 0.15) is 6.29 Å². The molecule has 1 aromatic heterocycles. The van der Waals surface area contributed by atoms with Gasteiger partial charge in [-0.1, -0.05) is 11.6 Å². The first-order valence-corrected chi connectivity index (χ1v) is 6.47. The van der Waals surface area contributed by atoms with E-state index in [1.807, 2.05) is 26.8 Å². The highest BCUT2D eigenvalue weighted by molar-refractivity contribution is 6.31. The number of hydrogen-bond donors (Lipinski definition) is 0. The Morgan fingerprint density at radius 1 is 1.21 bits per heavy atom. The quantitative estimate of drug-likeness (QED) is 0.746. The van der Waals surface area contributed by atoms with Crippen LogP contribution in [-0.2, 0) is 10.2 Å². The molecular weight excluding hydrogens is 260 g/mol.